The number of Topliss-reactive ketones (excluding diaryl/α,β-unsaturated/α-hetero) is 1. The highest BCUT2D eigenvalue weighted by Crippen LogP contribution is 2.24. The lowest BCUT2D eigenvalue weighted by atomic mass is 10.1. The molecule has 0 bridgehead atoms. The van der Waals surface area contributed by atoms with Crippen LogP contribution in [0.15, 0.2) is 12.3 Å². The van der Waals surface area contributed by atoms with Gasteiger partial charge in [-0.2, -0.15) is 0 Å². The maximum Gasteiger partial charge on any atom is 0.376 e. The first-order chi connectivity index (χ1) is 10.4. The molecule has 10 nitrogen and oxygen atoms in total. The Morgan fingerprint density at radius 3 is 2.45 bits per heavy atom. The maximum absolute atomic E-state index is 11.9. The van der Waals surface area contributed by atoms with Crippen LogP contribution in [0.25, 0.3) is 0 Å². The van der Waals surface area contributed by atoms with E-state index in [0.717, 1.165) is 31.0 Å². The lowest BCUT2D eigenvalue weighted by molar-refractivity contribution is -0.384. The predicted molar refractivity (Wildman–Crippen MR) is 69.2 cm³/mol. The number of hydrogen-bond acceptors (Lipinski definition) is 8. The summed E-state index contributed by atoms with van der Waals surface area (Å²) in [5.41, 5.74) is -0.827. The summed E-state index contributed by atoms with van der Waals surface area (Å²) in [6.07, 6.45) is 0.753. The summed E-state index contributed by atoms with van der Waals surface area (Å²) < 4.78 is 9.60. The highest BCUT2D eigenvalue weighted by molar-refractivity contribution is 6.35. The van der Waals surface area contributed by atoms with Crippen molar-refractivity contribution < 1.29 is 33.6 Å². The minimum absolute atomic E-state index is 0.335. The van der Waals surface area contributed by atoms with Crippen molar-refractivity contribution in [3.05, 3.63) is 28.1 Å². The Bertz CT molecular complexity index is 633. The zero-order valence-electron chi connectivity index (χ0n) is 11.7. The Morgan fingerprint density at radius 2 is 2.00 bits per heavy atom. The fourth-order valence-electron chi connectivity index (χ4n) is 1.77. The van der Waals surface area contributed by atoms with Crippen LogP contribution in [0.4, 0.5) is 5.69 Å². The third-order valence-electron chi connectivity index (χ3n) is 2.78. The van der Waals surface area contributed by atoms with E-state index in [1.54, 1.807) is 0 Å². The zero-order chi connectivity index (χ0) is 16.9. The first-order valence-corrected chi connectivity index (χ1v) is 5.87. The Balaban J connectivity index is 3.42. The summed E-state index contributed by atoms with van der Waals surface area (Å²) in [6, 6.07) is -0.554. The third kappa shape index (κ3) is 3.34. The van der Waals surface area contributed by atoms with Crippen molar-refractivity contribution in [1.82, 2.24) is 4.57 Å². The third-order valence-corrected chi connectivity index (χ3v) is 2.78. The second-order valence-electron chi connectivity index (χ2n) is 4.01. The Hall–Kier alpha value is -3.04. The number of aldehydes is 1. The van der Waals surface area contributed by atoms with Crippen molar-refractivity contribution in [1.29, 1.82) is 0 Å². The highest BCUT2D eigenvalue weighted by atomic mass is 16.6. The van der Waals surface area contributed by atoms with Crippen LogP contribution in [0.1, 0.15) is 23.0 Å². The summed E-state index contributed by atoms with van der Waals surface area (Å²) >= 11 is 0. The van der Waals surface area contributed by atoms with E-state index in [4.69, 9.17) is 0 Å². The average molecular weight is 312 g/mol. The van der Waals surface area contributed by atoms with Crippen molar-refractivity contribution >= 4 is 29.7 Å². The Morgan fingerprint density at radius 1 is 1.36 bits per heavy atom. The van der Waals surface area contributed by atoms with E-state index in [-0.39, 0.29) is 5.69 Å². The topological polar surface area (TPSA) is 135 Å². The zero-order valence-corrected chi connectivity index (χ0v) is 11.7. The van der Waals surface area contributed by atoms with Gasteiger partial charge < -0.3 is 18.8 Å². The second kappa shape index (κ2) is 7.11. The summed E-state index contributed by atoms with van der Waals surface area (Å²) in [4.78, 5) is 55.7. The fourth-order valence-corrected chi connectivity index (χ4v) is 1.77. The van der Waals surface area contributed by atoms with Gasteiger partial charge in [0.1, 0.15) is 18.0 Å². The van der Waals surface area contributed by atoms with Crippen LogP contribution >= 0.6 is 0 Å². The van der Waals surface area contributed by atoms with Crippen LogP contribution < -0.4 is 0 Å². The van der Waals surface area contributed by atoms with Gasteiger partial charge in [0.05, 0.1) is 25.3 Å². The van der Waals surface area contributed by atoms with Gasteiger partial charge in [0.2, 0.25) is 0 Å². The lowest BCUT2D eigenvalue weighted by Gasteiger charge is -2.15. The van der Waals surface area contributed by atoms with E-state index in [0.29, 0.717) is 6.29 Å². The van der Waals surface area contributed by atoms with E-state index in [2.05, 4.69) is 9.47 Å². The van der Waals surface area contributed by atoms with Gasteiger partial charge in [-0.3, -0.25) is 14.9 Å². The molecule has 1 aromatic rings. The molecule has 1 unspecified atom stereocenters. The first kappa shape index (κ1) is 17.0. The van der Waals surface area contributed by atoms with Crippen LogP contribution in [0.5, 0.6) is 0 Å². The molecule has 0 aliphatic carbocycles. The minimum Gasteiger partial charge on any atom is -0.464 e. The number of nitrogens with zero attached hydrogens (tertiary/aromatic N) is 2. The molecule has 0 spiro atoms. The molecule has 0 N–H and O–H groups in total. The highest BCUT2D eigenvalue weighted by Gasteiger charge is 2.32. The molecule has 0 saturated heterocycles. The molecular weight excluding hydrogens is 300 g/mol. The standard InChI is InChI=1S/C12H12N2O8/c1-21-11(17)9-5-7(14(19)20)6-13(9)8(3-4-15)10(16)12(18)22-2/h4-6,8H,3H2,1-2H3. The Kier molecular flexibility index (Phi) is 5.50. The molecule has 10 heteroatoms. The molecule has 0 fully saturated rings. The molecule has 0 radical (unpaired) electrons. The molecule has 0 aliphatic rings. The molecule has 1 heterocycles. The van der Waals surface area contributed by atoms with Crippen molar-refractivity contribution in [2.75, 3.05) is 14.2 Å². The van der Waals surface area contributed by atoms with Crippen molar-refractivity contribution in [2.24, 2.45) is 0 Å². The molecule has 0 amide bonds. The van der Waals surface area contributed by atoms with E-state index < -0.39 is 40.8 Å². The summed E-state index contributed by atoms with van der Waals surface area (Å²) in [6.45, 7) is 0. The maximum atomic E-state index is 11.9. The van der Waals surface area contributed by atoms with E-state index >= 15 is 0 Å². The SMILES string of the molecule is COC(=O)C(=O)C(CC=O)n1cc([N+](=O)[O-])cc1C(=O)OC. The molecule has 1 atom stereocenters. The molecule has 118 valence electrons. The summed E-state index contributed by atoms with van der Waals surface area (Å²) in [7, 11) is 2.01. The van der Waals surface area contributed by atoms with Crippen molar-refractivity contribution in [3.8, 4) is 0 Å². The molecule has 22 heavy (non-hydrogen) atoms. The minimum atomic E-state index is -1.44. The number of rotatable bonds is 7. The van der Waals surface area contributed by atoms with Gasteiger partial charge in [-0.15, -0.1) is 0 Å². The van der Waals surface area contributed by atoms with Crippen LogP contribution in [-0.4, -0.2) is 47.7 Å². The van der Waals surface area contributed by atoms with E-state index in [1.165, 1.54) is 0 Å². The second-order valence-corrected chi connectivity index (χ2v) is 4.01. The number of methoxy groups -OCH3 is 2. The van der Waals surface area contributed by atoms with Crippen LogP contribution in [-0.2, 0) is 23.9 Å². The molecule has 1 rings (SSSR count). The van der Waals surface area contributed by atoms with Crippen LogP contribution in [0.3, 0.4) is 0 Å². The number of nitro groups is 1. The number of ketones is 1. The molecule has 1 aromatic heterocycles. The Labute approximate surface area is 123 Å². The van der Waals surface area contributed by atoms with Gasteiger partial charge in [0.25, 0.3) is 11.5 Å². The number of carbonyl (C=O) groups is 4. The number of hydrogen-bond donors (Lipinski definition) is 0. The average Bonchev–Trinajstić information content (AvgIpc) is 2.95. The fraction of sp³-hybridized carbons (Fsp3) is 0.333. The van der Waals surface area contributed by atoms with Gasteiger partial charge in [0.15, 0.2) is 0 Å². The van der Waals surface area contributed by atoms with Gasteiger partial charge in [-0.1, -0.05) is 0 Å². The molecular formula is C12H12N2O8. The molecule has 0 aromatic carbocycles. The van der Waals surface area contributed by atoms with Gasteiger partial charge in [-0.05, 0) is 0 Å². The monoisotopic (exact) mass is 312 g/mol. The smallest absolute Gasteiger partial charge is 0.376 e. The first-order valence-electron chi connectivity index (χ1n) is 5.87. The molecule has 0 saturated carbocycles. The van der Waals surface area contributed by atoms with E-state index in [1.807, 2.05) is 0 Å². The summed E-state index contributed by atoms with van der Waals surface area (Å²) in [5, 5.41) is 10.8. The van der Waals surface area contributed by atoms with Crippen LogP contribution in [0.2, 0.25) is 0 Å². The van der Waals surface area contributed by atoms with E-state index in [9.17, 15) is 29.3 Å². The van der Waals surface area contributed by atoms with Gasteiger partial charge in [-0.25, -0.2) is 9.59 Å². The number of ether oxygens (including phenoxy) is 2. The summed E-state index contributed by atoms with van der Waals surface area (Å²) in [5.74, 6) is -3.31. The predicted octanol–water partition coefficient (Wildman–Crippen LogP) is 0.0551. The lowest BCUT2D eigenvalue weighted by Crippen LogP contribution is -2.29. The van der Waals surface area contributed by atoms with Gasteiger partial charge in [0, 0.05) is 12.5 Å². The molecule has 0 aliphatic heterocycles. The normalized spacial score (nSPS) is 11.4. The quantitative estimate of drug-likeness (QED) is 0.227. The largest absolute Gasteiger partial charge is 0.464 e. The number of carbonyl (C=O) groups excluding carboxylic acids is 4. The number of esters is 2. The van der Waals surface area contributed by atoms with Crippen LogP contribution in [0, 0.1) is 10.1 Å². The van der Waals surface area contributed by atoms with Crippen molar-refractivity contribution in [3.63, 3.8) is 0 Å². The number of aromatic nitrogens is 1. The van der Waals surface area contributed by atoms with Gasteiger partial charge >= 0.3 is 11.9 Å². The van der Waals surface area contributed by atoms with Crippen molar-refractivity contribution in [2.45, 2.75) is 12.5 Å².